The van der Waals surface area contributed by atoms with Crippen molar-refractivity contribution in [2.75, 3.05) is 23.4 Å². The minimum absolute atomic E-state index is 0.00969. The van der Waals surface area contributed by atoms with Gasteiger partial charge >= 0.3 is 0 Å². The molecule has 1 aliphatic heterocycles. The minimum atomic E-state index is 0.00969. The predicted octanol–water partition coefficient (Wildman–Crippen LogP) is 3.52. The lowest BCUT2D eigenvalue weighted by atomic mass is 9.88. The minimum Gasteiger partial charge on any atom is -0.494 e. The summed E-state index contributed by atoms with van der Waals surface area (Å²) in [6.45, 7) is 7.23. The molecule has 1 saturated heterocycles. The lowest BCUT2D eigenvalue weighted by Crippen LogP contribution is -2.35. The molecule has 0 aliphatic carbocycles. The Morgan fingerprint density at radius 1 is 1.45 bits per heavy atom. The molecule has 3 nitrogen and oxygen atoms in total. The lowest BCUT2D eigenvalue weighted by molar-refractivity contribution is 0.267. The van der Waals surface area contributed by atoms with E-state index in [4.69, 9.17) is 4.74 Å². The number of aliphatic hydroxyl groups excluding tert-OH is 1. The molecule has 0 amide bonds. The first-order valence-electron chi connectivity index (χ1n) is 7.25. The molecule has 2 N–H and O–H groups in total. The Morgan fingerprint density at radius 2 is 2.25 bits per heavy atom. The van der Waals surface area contributed by atoms with Gasteiger partial charge in [-0.15, -0.1) is 0 Å². The predicted molar refractivity (Wildman–Crippen MR) is 86.7 cm³/mol. The summed E-state index contributed by atoms with van der Waals surface area (Å²) in [6, 6.07) is 6.47. The van der Waals surface area contributed by atoms with E-state index >= 15 is 0 Å². The third kappa shape index (κ3) is 4.06. The highest BCUT2D eigenvalue weighted by atomic mass is 32.2. The Balaban J connectivity index is 2.06. The number of aliphatic hydroxyl groups is 1. The third-order valence-corrected chi connectivity index (χ3v) is 5.14. The molecule has 1 fully saturated rings. The molecule has 0 spiro atoms. The van der Waals surface area contributed by atoms with E-state index in [0.717, 1.165) is 22.8 Å². The van der Waals surface area contributed by atoms with Gasteiger partial charge in [-0.05, 0) is 42.7 Å². The zero-order valence-corrected chi connectivity index (χ0v) is 13.4. The van der Waals surface area contributed by atoms with E-state index in [2.05, 4.69) is 19.2 Å². The summed E-state index contributed by atoms with van der Waals surface area (Å²) in [6.07, 6.45) is 1.18. The molecule has 1 aliphatic rings. The fraction of sp³-hybridized carbons (Fsp3) is 0.625. The first-order chi connectivity index (χ1) is 9.54. The molecular weight excluding hydrogens is 270 g/mol. The Labute approximate surface area is 126 Å². The van der Waals surface area contributed by atoms with Gasteiger partial charge in [0.05, 0.1) is 13.2 Å². The van der Waals surface area contributed by atoms with Crippen molar-refractivity contribution >= 4 is 17.4 Å². The first-order valence-corrected chi connectivity index (χ1v) is 8.40. The van der Waals surface area contributed by atoms with Gasteiger partial charge in [-0.2, -0.15) is 11.8 Å². The Kier molecular flexibility index (Phi) is 5.22. The molecule has 1 atom stereocenters. The monoisotopic (exact) mass is 295 g/mol. The van der Waals surface area contributed by atoms with Gasteiger partial charge in [-0.1, -0.05) is 13.8 Å². The summed E-state index contributed by atoms with van der Waals surface area (Å²) in [4.78, 5) is 0. The second-order valence-electron chi connectivity index (χ2n) is 6.14. The topological polar surface area (TPSA) is 41.5 Å². The molecule has 0 bridgehead atoms. The Bertz CT molecular complexity index is 448. The van der Waals surface area contributed by atoms with E-state index < -0.39 is 0 Å². The van der Waals surface area contributed by atoms with Crippen LogP contribution in [0, 0.1) is 5.41 Å². The van der Waals surface area contributed by atoms with Crippen LogP contribution >= 0.6 is 11.8 Å². The molecule has 4 heteroatoms. The standard InChI is InChI=1S/C16H25NO2S/c1-4-19-15-6-5-13(7-12(15)9-18)17-14-8-16(2,3)11-20-10-14/h5-7,14,17-18H,4,8-11H2,1-3H3. The molecular formula is C16H25NO2S. The summed E-state index contributed by atoms with van der Waals surface area (Å²) in [5.41, 5.74) is 2.31. The number of thioether (sulfide) groups is 1. The molecule has 112 valence electrons. The fourth-order valence-electron chi connectivity index (χ4n) is 2.68. The third-order valence-electron chi connectivity index (χ3n) is 3.51. The maximum Gasteiger partial charge on any atom is 0.124 e. The van der Waals surface area contributed by atoms with E-state index in [9.17, 15) is 5.11 Å². The second-order valence-corrected chi connectivity index (χ2v) is 7.17. The van der Waals surface area contributed by atoms with Crippen molar-refractivity contribution in [3.05, 3.63) is 23.8 Å². The van der Waals surface area contributed by atoms with Gasteiger partial charge in [-0.25, -0.2) is 0 Å². The highest BCUT2D eigenvalue weighted by Crippen LogP contribution is 2.35. The average Bonchev–Trinajstić information content (AvgIpc) is 2.39. The van der Waals surface area contributed by atoms with Crippen molar-refractivity contribution in [2.24, 2.45) is 5.41 Å². The highest BCUT2D eigenvalue weighted by Gasteiger charge is 2.28. The normalized spacial score (nSPS) is 21.5. The molecule has 2 rings (SSSR count). The van der Waals surface area contributed by atoms with Crippen LogP contribution in [0.1, 0.15) is 32.8 Å². The lowest BCUT2D eigenvalue weighted by Gasteiger charge is -2.35. The molecule has 1 aromatic carbocycles. The second kappa shape index (κ2) is 6.72. The first kappa shape index (κ1) is 15.5. The SMILES string of the molecule is CCOc1ccc(NC2CSCC(C)(C)C2)cc1CO. The van der Waals surface area contributed by atoms with Crippen LogP contribution in [0.5, 0.6) is 5.75 Å². The van der Waals surface area contributed by atoms with Crippen LogP contribution in [-0.4, -0.2) is 29.3 Å². The number of ether oxygens (including phenoxy) is 1. The molecule has 0 saturated carbocycles. The van der Waals surface area contributed by atoms with E-state index in [-0.39, 0.29) is 6.61 Å². The van der Waals surface area contributed by atoms with Gasteiger partial charge in [0.1, 0.15) is 5.75 Å². The van der Waals surface area contributed by atoms with Gasteiger partial charge in [0, 0.05) is 23.0 Å². The molecule has 0 radical (unpaired) electrons. The van der Waals surface area contributed by atoms with E-state index in [0.29, 0.717) is 18.1 Å². The van der Waals surface area contributed by atoms with Crippen LogP contribution in [0.2, 0.25) is 0 Å². The fourth-order valence-corrected chi connectivity index (χ4v) is 3.95. The van der Waals surface area contributed by atoms with E-state index in [1.165, 1.54) is 12.2 Å². The average molecular weight is 295 g/mol. The van der Waals surface area contributed by atoms with E-state index in [1.54, 1.807) is 0 Å². The number of hydrogen-bond donors (Lipinski definition) is 2. The number of nitrogens with one attached hydrogen (secondary N) is 1. The van der Waals surface area contributed by atoms with Gasteiger partial charge in [0.15, 0.2) is 0 Å². The van der Waals surface area contributed by atoms with Crippen LogP contribution < -0.4 is 10.1 Å². The number of hydrogen-bond acceptors (Lipinski definition) is 4. The van der Waals surface area contributed by atoms with Crippen LogP contribution in [-0.2, 0) is 6.61 Å². The summed E-state index contributed by atoms with van der Waals surface area (Å²) in [7, 11) is 0. The van der Waals surface area contributed by atoms with Crippen LogP contribution in [0.4, 0.5) is 5.69 Å². The quantitative estimate of drug-likeness (QED) is 0.872. The molecule has 1 aromatic rings. The smallest absolute Gasteiger partial charge is 0.124 e. The van der Waals surface area contributed by atoms with Crippen molar-refractivity contribution in [1.82, 2.24) is 0 Å². The Hall–Kier alpha value is -0.870. The summed E-state index contributed by atoms with van der Waals surface area (Å²) in [5.74, 6) is 3.15. The zero-order valence-electron chi connectivity index (χ0n) is 12.6. The van der Waals surface area contributed by atoms with Crippen molar-refractivity contribution < 1.29 is 9.84 Å². The van der Waals surface area contributed by atoms with Crippen molar-refractivity contribution in [3.8, 4) is 5.75 Å². The van der Waals surface area contributed by atoms with Crippen molar-refractivity contribution in [1.29, 1.82) is 0 Å². The molecule has 1 unspecified atom stereocenters. The number of benzene rings is 1. The van der Waals surface area contributed by atoms with Crippen LogP contribution in [0.3, 0.4) is 0 Å². The van der Waals surface area contributed by atoms with Crippen LogP contribution in [0.25, 0.3) is 0 Å². The summed E-state index contributed by atoms with van der Waals surface area (Å²) >= 11 is 2.01. The number of rotatable bonds is 5. The highest BCUT2D eigenvalue weighted by molar-refractivity contribution is 7.99. The van der Waals surface area contributed by atoms with Gasteiger partial charge in [0.2, 0.25) is 0 Å². The molecule has 0 aromatic heterocycles. The Morgan fingerprint density at radius 3 is 2.90 bits per heavy atom. The summed E-state index contributed by atoms with van der Waals surface area (Å²) in [5, 5.41) is 13.0. The zero-order chi connectivity index (χ0) is 14.6. The van der Waals surface area contributed by atoms with Gasteiger partial charge in [-0.3, -0.25) is 0 Å². The van der Waals surface area contributed by atoms with Crippen molar-refractivity contribution in [2.45, 2.75) is 39.8 Å². The largest absolute Gasteiger partial charge is 0.494 e. The summed E-state index contributed by atoms with van der Waals surface area (Å²) < 4.78 is 5.51. The van der Waals surface area contributed by atoms with Crippen molar-refractivity contribution in [3.63, 3.8) is 0 Å². The maximum atomic E-state index is 9.45. The van der Waals surface area contributed by atoms with E-state index in [1.807, 2.05) is 36.9 Å². The maximum absolute atomic E-state index is 9.45. The van der Waals surface area contributed by atoms with Gasteiger partial charge in [0.25, 0.3) is 0 Å². The molecule has 1 heterocycles. The number of anilines is 1. The van der Waals surface area contributed by atoms with Gasteiger partial charge < -0.3 is 15.2 Å². The molecule has 20 heavy (non-hydrogen) atoms. The van der Waals surface area contributed by atoms with Crippen LogP contribution in [0.15, 0.2) is 18.2 Å².